The lowest BCUT2D eigenvalue weighted by atomic mass is 10.2. The van der Waals surface area contributed by atoms with Gasteiger partial charge in [-0.25, -0.2) is 0 Å². The molecule has 1 N–H and O–H groups in total. The van der Waals surface area contributed by atoms with E-state index in [2.05, 4.69) is 76.5 Å². The van der Waals surface area contributed by atoms with Gasteiger partial charge in [-0.15, -0.1) is 0 Å². The molecule has 0 aromatic heterocycles. The lowest BCUT2D eigenvalue weighted by Crippen LogP contribution is -2.33. The summed E-state index contributed by atoms with van der Waals surface area (Å²) in [6.45, 7) is 5.25. The molecule has 3 nitrogen and oxygen atoms in total. The monoisotopic (exact) mass is 313 g/mol. The van der Waals surface area contributed by atoms with Gasteiger partial charge in [-0.05, 0) is 38.8 Å². The van der Waals surface area contributed by atoms with Crippen LogP contribution in [0.1, 0.15) is 5.56 Å². The third-order valence-corrected chi connectivity index (χ3v) is 3.24. The van der Waals surface area contributed by atoms with Crippen molar-refractivity contribution in [2.75, 3.05) is 47.3 Å². The summed E-state index contributed by atoms with van der Waals surface area (Å²) in [5.74, 6) is 0. The quantitative estimate of drug-likeness (QED) is 0.741. The molecule has 0 radical (unpaired) electrons. The molecule has 0 spiro atoms. The summed E-state index contributed by atoms with van der Waals surface area (Å²) in [7, 11) is 6.36. The third kappa shape index (κ3) is 7.11. The predicted molar refractivity (Wildman–Crippen MR) is 81.9 cm³/mol. The Hall–Kier alpha value is -0.420. The van der Waals surface area contributed by atoms with E-state index in [-0.39, 0.29) is 0 Å². The molecule has 0 saturated heterocycles. The molecule has 0 heterocycles. The maximum Gasteiger partial charge on any atom is 0.0231 e. The molecule has 4 heteroatoms. The fourth-order valence-corrected chi connectivity index (χ4v) is 2.17. The second-order valence-electron chi connectivity index (χ2n) is 4.92. The Morgan fingerprint density at radius 2 is 1.83 bits per heavy atom. The van der Waals surface area contributed by atoms with E-state index in [1.54, 1.807) is 0 Å². The van der Waals surface area contributed by atoms with Crippen molar-refractivity contribution in [3.8, 4) is 0 Å². The number of hydrogen-bond donors (Lipinski definition) is 1. The van der Waals surface area contributed by atoms with Crippen LogP contribution in [0.3, 0.4) is 0 Å². The number of likely N-dealkylation sites (N-methyl/N-ethyl adjacent to an activating group) is 2. The van der Waals surface area contributed by atoms with Crippen LogP contribution in [0.2, 0.25) is 0 Å². The van der Waals surface area contributed by atoms with E-state index in [0.717, 1.165) is 37.2 Å². The van der Waals surface area contributed by atoms with Gasteiger partial charge >= 0.3 is 0 Å². The highest BCUT2D eigenvalue weighted by Crippen LogP contribution is 2.12. The topological polar surface area (TPSA) is 18.5 Å². The summed E-state index contributed by atoms with van der Waals surface area (Å²) in [5, 5.41) is 3.45. The van der Waals surface area contributed by atoms with Gasteiger partial charge in [0, 0.05) is 37.2 Å². The molecule has 102 valence electrons. The molecular formula is C14H24BrN3. The van der Waals surface area contributed by atoms with E-state index in [1.165, 1.54) is 5.56 Å². The summed E-state index contributed by atoms with van der Waals surface area (Å²) in [6.07, 6.45) is 0. The Morgan fingerprint density at radius 3 is 2.50 bits per heavy atom. The molecular weight excluding hydrogens is 290 g/mol. The van der Waals surface area contributed by atoms with Gasteiger partial charge in [0.2, 0.25) is 0 Å². The van der Waals surface area contributed by atoms with Gasteiger partial charge in [0.05, 0.1) is 0 Å². The van der Waals surface area contributed by atoms with Crippen LogP contribution in [0.25, 0.3) is 0 Å². The maximum atomic E-state index is 3.50. The minimum atomic E-state index is 0.995. The Bertz CT molecular complexity index is 342. The SMILES string of the molecule is CN(C)CCNCCN(C)Cc1cccc(Br)c1. The highest BCUT2D eigenvalue weighted by molar-refractivity contribution is 9.10. The first-order chi connectivity index (χ1) is 8.58. The molecule has 0 atom stereocenters. The molecule has 0 aliphatic carbocycles. The molecule has 0 saturated carbocycles. The molecule has 0 aliphatic heterocycles. The zero-order valence-corrected chi connectivity index (χ0v) is 13.2. The fourth-order valence-electron chi connectivity index (χ4n) is 1.72. The zero-order valence-electron chi connectivity index (χ0n) is 11.6. The number of rotatable bonds is 8. The molecule has 18 heavy (non-hydrogen) atoms. The minimum absolute atomic E-state index is 0.995. The molecule has 1 rings (SSSR count). The van der Waals surface area contributed by atoms with Crippen molar-refractivity contribution in [2.24, 2.45) is 0 Å². The van der Waals surface area contributed by atoms with Crippen LogP contribution in [-0.4, -0.2) is 57.1 Å². The van der Waals surface area contributed by atoms with Gasteiger partial charge < -0.3 is 15.1 Å². The largest absolute Gasteiger partial charge is 0.314 e. The standard InChI is InChI=1S/C14H24BrN3/c1-17(2)9-7-16-8-10-18(3)12-13-5-4-6-14(15)11-13/h4-6,11,16H,7-10,12H2,1-3H3. The van der Waals surface area contributed by atoms with Crippen LogP contribution in [-0.2, 0) is 6.54 Å². The van der Waals surface area contributed by atoms with Crippen molar-refractivity contribution < 1.29 is 0 Å². The summed E-state index contributed by atoms with van der Waals surface area (Å²) in [6, 6.07) is 8.49. The molecule has 0 amide bonds. The molecule has 0 fully saturated rings. The van der Waals surface area contributed by atoms with Crippen LogP contribution in [0.15, 0.2) is 28.7 Å². The Kier molecular flexibility index (Phi) is 7.51. The van der Waals surface area contributed by atoms with Crippen LogP contribution >= 0.6 is 15.9 Å². The van der Waals surface area contributed by atoms with E-state index in [4.69, 9.17) is 0 Å². The summed E-state index contributed by atoms with van der Waals surface area (Å²) in [5.41, 5.74) is 1.35. The lowest BCUT2D eigenvalue weighted by molar-refractivity contribution is 0.319. The fraction of sp³-hybridized carbons (Fsp3) is 0.571. The number of nitrogens with one attached hydrogen (secondary N) is 1. The van der Waals surface area contributed by atoms with Crippen molar-refractivity contribution in [3.05, 3.63) is 34.3 Å². The maximum absolute atomic E-state index is 3.50. The molecule has 0 aliphatic rings. The van der Waals surface area contributed by atoms with E-state index in [0.29, 0.717) is 0 Å². The molecule has 0 unspecified atom stereocenters. The van der Waals surface area contributed by atoms with Gasteiger partial charge in [-0.3, -0.25) is 0 Å². The first kappa shape index (κ1) is 15.6. The van der Waals surface area contributed by atoms with E-state index in [1.807, 2.05) is 0 Å². The summed E-state index contributed by atoms with van der Waals surface area (Å²) in [4.78, 5) is 4.53. The van der Waals surface area contributed by atoms with Gasteiger partial charge in [0.15, 0.2) is 0 Å². The van der Waals surface area contributed by atoms with Crippen molar-refractivity contribution >= 4 is 15.9 Å². The van der Waals surface area contributed by atoms with Gasteiger partial charge in [0.1, 0.15) is 0 Å². The van der Waals surface area contributed by atoms with Crippen molar-refractivity contribution in [1.82, 2.24) is 15.1 Å². The average molecular weight is 314 g/mol. The van der Waals surface area contributed by atoms with E-state index >= 15 is 0 Å². The summed E-state index contributed by atoms with van der Waals surface area (Å²) < 4.78 is 1.15. The lowest BCUT2D eigenvalue weighted by Gasteiger charge is -2.17. The van der Waals surface area contributed by atoms with Crippen LogP contribution in [0, 0.1) is 0 Å². The zero-order chi connectivity index (χ0) is 13.4. The molecule has 0 bridgehead atoms. The average Bonchev–Trinajstić information content (AvgIpc) is 2.28. The van der Waals surface area contributed by atoms with Crippen molar-refractivity contribution in [1.29, 1.82) is 0 Å². The van der Waals surface area contributed by atoms with Crippen molar-refractivity contribution in [2.45, 2.75) is 6.54 Å². The number of benzene rings is 1. The van der Waals surface area contributed by atoms with Crippen LogP contribution in [0.5, 0.6) is 0 Å². The first-order valence-electron chi connectivity index (χ1n) is 6.36. The van der Waals surface area contributed by atoms with E-state index < -0.39 is 0 Å². The van der Waals surface area contributed by atoms with Gasteiger partial charge in [-0.1, -0.05) is 28.1 Å². The molecule has 1 aromatic carbocycles. The Balaban J connectivity index is 2.16. The number of nitrogens with zero attached hydrogens (tertiary/aromatic N) is 2. The van der Waals surface area contributed by atoms with Crippen LogP contribution < -0.4 is 5.32 Å². The Labute approximate surface area is 119 Å². The number of hydrogen-bond acceptors (Lipinski definition) is 3. The molecule has 1 aromatic rings. The smallest absolute Gasteiger partial charge is 0.0231 e. The highest BCUT2D eigenvalue weighted by Gasteiger charge is 2.00. The second-order valence-corrected chi connectivity index (χ2v) is 5.84. The van der Waals surface area contributed by atoms with E-state index in [9.17, 15) is 0 Å². The second kappa shape index (κ2) is 8.64. The number of halogens is 1. The third-order valence-electron chi connectivity index (χ3n) is 2.75. The highest BCUT2D eigenvalue weighted by atomic mass is 79.9. The first-order valence-corrected chi connectivity index (χ1v) is 7.15. The predicted octanol–water partition coefficient (Wildman–Crippen LogP) is 2.03. The Morgan fingerprint density at radius 1 is 1.11 bits per heavy atom. The summed E-state index contributed by atoms with van der Waals surface area (Å²) >= 11 is 3.50. The van der Waals surface area contributed by atoms with Gasteiger partial charge in [0.25, 0.3) is 0 Å². The van der Waals surface area contributed by atoms with Gasteiger partial charge in [-0.2, -0.15) is 0 Å². The van der Waals surface area contributed by atoms with Crippen LogP contribution in [0.4, 0.5) is 0 Å². The minimum Gasteiger partial charge on any atom is -0.314 e. The normalized spacial score (nSPS) is 11.4. The van der Waals surface area contributed by atoms with Crippen molar-refractivity contribution in [3.63, 3.8) is 0 Å².